The van der Waals surface area contributed by atoms with E-state index in [1.165, 1.54) is 4.88 Å². The van der Waals surface area contributed by atoms with Crippen molar-refractivity contribution in [2.75, 3.05) is 19.8 Å². The van der Waals surface area contributed by atoms with Gasteiger partial charge in [-0.15, -0.1) is 11.3 Å². The topological polar surface area (TPSA) is 56.2 Å². The summed E-state index contributed by atoms with van der Waals surface area (Å²) in [4.78, 5) is 13.2. The third kappa shape index (κ3) is 3.56. The zero-order chi connectivity index (χ0) is 15.4. The highest BCUT2D eigenvalue weighted by atomic mass is 32.1. The van der Waals surface area contributed by atoms with Crippen LogP contribution in [0.25, 0.3) is 10.6 Å². The predicted octanol–water partition coefficient (Wildman–Crippen LogP) is 2.46. The summed E-state index contributed by atoms with van der Waals surface area (Å²) in [5.41, 5.74) is 2.12. The van der Waals surface area contributed by atoms with Gasteiger partial charge in [-0.25, -0.2) is 0 Å². The van der Waals surface area contributed by atoms with E-state index >= 15 is 0 Å². The number of amides is 1. The molecule has 1 N–H and O–H groups in total. The number of rotatable bonds is 5. The van der Waals surface area contributed by atoms with Crippen LogP contribution in [0.1, 0.15) is 18.5 Å². The number of nitrogens with one attached hydrogen (secondary N) is 1. The Morgan fingerprint density at radius 3 is 3.05 bits per heavy atom. The molecule has 2 aromatic rings. The predicted molar refractivity (Wildman–Crippen MR) is 86.8 cm³/mol. The highest BCUT2D eigenvalue weighted by Crippen LogP contribution is 2.23. The molecule has 22 heavy (non-hydrogen) atoms. The molecule has 0 aromatic carbocycles. The van der Waals surface area contributed by atoms with Crippen LogP contribution < -0.4 is 5.32 Å². The molecule has 1 amide bonds. The van der Waals surface area contributed by atoms with E-state index in [-0.39, 0.29) is 11.8 Å². The molecule has 0 atom stereocenters. The summed E-state index contributed by atoms with van der Waals surface area (Å²) >= 11 is 1.69. The Balaban J connectivity index is 1.52. The lowest BCUT2D eigenvalue weighted by Crippen LogP contribution is -2.36. The third-order valence-corrected chi connectivity index (χ3v) is 4.86. The summed E-state index contributed by atoms with van der Waals surface area (Å²) in [5.74, 6) is 0.251. The lowest BCUT2D eigenvalue weighted by atomic mass is 9.99. The van der Waals surface area contributed by atoms with E-state index in [1.807, 2.05) is 17.7 Å². The van der Waals surface area contributed by atoms with Crippen molar-refractivity contribution in [3.05, 3.63) is 29.3 Å². The van der Waals surface area contributed by atoms with Gasteiger partial charge in [0.25, 0.3) is 0 Å². The molecule has 2 aromatic heterocycles. The Bertz CT molecular complexity index is 615. The Hall–Kier alpha value is -1.66. The number of nitrogens with zero attached hydrogens (tertiary/aromatic N) is 2. The van der Waals surface area contributed by atoms with E-state index in [0.717, 1.165) is 24.2 Å². The maximum atomic E-state index is 12.1. The first-order valence-electron chi connectivity index (χ1n) is 7.68. The SMILES string of the molecule is Cc1cc(-c2cccs2)nn1CCNC(=O)C1CCOCC1. The van der Waals surface area contributed by atoms with Crippen molar-refractivity contribution in [1.29, 1.82) is 0 Å². The molecule has 1 fully saturated rings. The highest BCUT2D eigenvalue weighted by Gasteiger charge is 2.21. The molecule has 0 saturated carbocycles. The fraction of sp³-hybridized carbons (Fsp3) is 0.500. The maximum Gasteiger partial charge on any atom is 0.223 e. The van der Waals surface area contributed by atoms with Gasteiger partial charge in [-0.3, -0.25) is 9.48 Å². The fourth-order valence-corrected chi connectivity index (χ4v) is 3.35. The van der Waals surface area contributed by atoms with Gasteiger partial charge in [-0.05, 0) is 37.3 Å². The molecule has 118 valence electrons. The van der Waals surface area contributed by atoms with Crippen molar-refractivity contribution < 1.29 is 9.53 Å². The van der Waals surface area contributed by atoms with Crippen molar-refractivity contribution in [1.82, 2.24) is 15.1 Å². The Labute approximate surface area is 134 Å². The van der Waals surface area contributed by atoms with Crippen LogP contribution in [0.5, 0.6) is 0 Å². The van der Waals surface area contributed by atoms with Gasteiger partial charge in [0, 0.05) is 31.4 Å². The van der Waals surface area contributed by atoms with Gasteiger partial charge in [-0.1, -0.05) is 6.07 Å². The average Bonchev–Trinajstić information content (AvgIpc) is 3.18. The normalized spacial score (nSPS) is 15.9. The molecule has 1 aliphatic rings. The number of carbonyl (C=O) groups excluding carboxylic acids is 1. The number of carbonyl (C=O) groups is 1. The molecule has 5 nitrogen and oxygen atoms in total. The average molecular weight is 319 g/mol. The van der Waals surface area contributed by atoms with Crippen LogP contribution in [0, 0.1) is 12.8 Å². The smallest absolute Gasteiger partial charge is 0.223 e. The number of aromatic nitrogens is 2. The van der Waals surface area contributed by atoms with Crippen molar-refractivity contribution in [3.63, 3.8) is 0 Å². The minimum Gasteiger partial charge on any atom is -0.381 e. The summed E-state index contributed by atoms with van der Waals surface area (Å²) in [6.45, 7) is 4.75. The number of aryl methyl sites for hydroxylation is 1. The van der Waals surface area contributed by atoms with E-state index in [1.54, 1.807) is 11.3 Å². The second kappa shape index (κ2) is 7.07. The van der Waals surface area contributed by atoms with Crippen molar-refractivity contribution >= 4 is 17.2 Å². The van der Waals surface area contributed by atoms with Gasteiger partial charge in [0.15, 0.2) is 0 Å². The van der Waals surface area contributed by atoms with Crippen LogP contribution in [0.15, 0.2) is 23.6 Å². The molecule has 3 rings (SSSR count). The van der Waals surface area contributed by atoms with Crippen molar-refractivity contribution in [2.24, 2.45) is 5.92 Å². The van der Waals surface area contributed by atoms with E-state index in [9.17, 15) is 4.79 Å². The van der Waals surface area contributed by atoms with Crippen molar-refractivity contribution in [2.45, 2.75) is 26.3 Å². The molecule has 0 bridgehead atoms. The molecule has 6 heteroatoms. The standard InChI is InChI=1S/C16H21N3O2S/c1-12-11-14(15-3-2-10-22-15)18-19(12)7-6-17-16(20)13-4-8-21-9-5-13/h2-3,10-11,13H,4-9H2,1H3,(H,17,20). The van der Waals surface area contributed by atoms with Gasteiger partial charge >= 0.3 is 0 Å². The number of thiophene rings is 1. The summed E-state index contributed by atoms with van der Waals surface area (Å²) in [6, 6.07) is 6.19. The van der Waals surface area contributed by atoms with E-state index < -0.39 is 0 Å². The van der Waals surface area contributed by atoms with Gasteiger partial charge in [0.05, 0.1) is 11.4 Å². The quantitative estimate of drug-likeness (QED) is 0.921. The second-order valence-corrected chi connectivity index (χ2v) is 6.50. The Morgan fingerprint density at radius 1 is 1.50 bits per heavy atom. The minimum absolute atomic E-state index is 0.106. The molecule has 1 aliphatic heterocycles. The first-order valence-corrected chi connectivity index (χ1v) is 8.56. The summed E-state index contributed by atoms with van der Waals surface area (Å²) in [7, 11) is 0. The second-order valence-electron chi connectivity index (χ2n) is 5.55. The van der Waals surface area contributed by atoms with E-state index in [0.29, 0.717) is 26.3 Å². The lowest BCUT2D eigenvalue weighted by molar-refractivity contribution is -0.127. The largest absolute Gasteiger partial charge is 0.381 e. The fourth-order valence-electron chi connectivity index (χ4n) is 2.67. The minimum atomic E-state index is 0.106. The number of hydrogen-bond acceptors (Lipinski definition) is 4. The van der Waals surface area contributed by atoms with Crippen LogP contribution in [-0.4, -0.2) is 35.4 Å². The molecule has 0 unspecified atom stereocenters. The molecular formula is C16H21N3O2S. The Kier molecular flexibility index (Phi) is 4.90. The first-order chi connectivity index (χ1) is 10.7. The monoisotopic (exact) mass is 319 g/mol. The highest BCUT2D eigenvalue weighted by molar-refractivity contribution is 7.13. The molecule has 3 heterocycles. The maximum absolute atomic E-state index is 12.1. The van der Waals surface area contributed by atoms with Crippen LogP contribution in [0.4, 0.5) is 0 Å². The third-order valence-electron chi connectivity index (χ3n) is 3.97. The molecule has 1 saturated heterocycles. The van der Waals surface area contributed by atoms with Gasteiger partial charge in [-0.2, -0.15) is 5.10 Å². The van der Waals surface area contributed by atoms with Gasteiger partial charge < -0.3 is 10.1 Å². The molecule has 0 spiro atoms. The van der Waals surface area contributed by atoms with Crippen LogP contribution in [-0.2, 0) is 16.1 Å². The number of hydrogen-bond donors (Lipinski definition) is 1. The Morgan fingerprint density at radius 2 is 2.32 bits per heavy atom. The van der Waals surface area contributed by atoms with Crippen LogP contribution in [0.3, 0.4) is 0 Å². The zero-order valence-electron chi connectivity index (χ0n) is 12.7. The van der Waals surface area contributed by atoms with E-state index in [4.69, 9.17) is 4.74 Å². The molecular weight excluding hydrogens is 298 g/mol. The first kappa shape index (κ1) is 15.2. The zero-order valence-corrected chi connectivity index (χ0v) is 13.6. The summed E-state index contributed by atoms with van der Waals surface area (Å²) < 4.78 is 7.24. The summed E-state index contributed by atoms with van der Waals surface area (Å²) in [6.07, 6.45) is 1.66. The molecule has 0 aliphatic carbocycles. The van der Waals surface area contributed by atoms with Gasteiger partial charge in [0.2, 0.25) is 5.91 Å². The van der Waals surface area contributed by atoms with E-state index in [2.05, 4.69) is 27.9 Å². The molecule has 0 radical (unpaired) electrons. The lowest BCUT2D eigenvalue weighted by Gasteiger charge is -2.21. The van der Waals surface area contributed by atoms with Crippen LogP contribution >= 0.6 is 11.3 Å². The van der Waals surface area contributed by atoms with Crippen LogP contribution in [0.2, 0.25) is 0 Å². The van der Waals surface area contributed by atoms with Gasteiger partial charge in [0.1, 0.15) is 5.69 Å². The van der Waals surface area contributed by atoms with Crippen molar-refractivity contribution in [3.8, 4) is 10.6 Å². The summed E-state index contributed by atoms with van der Waals surface area (Å²) in [5, 5.41) is 9.69. The number of ether oxygens (including phenoxy) is 1.